The Kier molecular flexibility index (Phi) is 8.44. The van der Waals surface area contributed by atoms with Crippen LogP contribution in [-0.2, 0) is 9.59 Å². The number of likely N-dealkylation sites (N-methyl/N-ethyl adjacent to an activating group) is 3. The largest absolute Gasteiger partial charge is 0.373 e. The second-order valence-corrected chi connectivity index (χ2v) is 5.86. The molecule has 0 radical (unpaired) electrons. The molecule has 0 spiro atoms. The van der Waals surface area contributed by atoms with Crippen LogP contribution in [-0.4, -0.2) is 69.6 Å². The Morgan fingerprint density at radius 3 is 2.50 bits per heavy atom. The number of hydrogen-bond acceptors (Lipinski definition) is 6. The van der Waals surface area contributed by atoms with Crippen LogP contribution in [0.4, 0.5) is 5.69 Å². The van der Waals surface area contributed by atoms with Crippen molar-refractivity contribution in [3.05, 3.63) is 29.3 Å². The van der Waals surface area contributed by atoms with Gasteiger partial charge in [0.05, 0.1) is 11.1 Å². The van der Waals surface area contributed by atoms with Gasteiger partial charge in [-0.2, -0.15) is 0 Å². The topological polar surface area (TPSA) is 113 Å². The van der Waals surface area contributed by atoms with Crippen molar-refractivity contribution < 1.29 is 19.2 Å². The lowest BCUT2D eigenvalue weighted by Crippen LogP contribution is -2.47. The number of carbonyl (C=O) groups excluding carboxylic acids is 4. The van der Waals surface area contributed by atoms with Gasteiger partial charge in [-0.25, -0.2) is 0 Å². The fraction of sp³-hybridized carbons (Fsp3) is 0.444. The van der Waals surface area contributed by atoms with Gasteiger partial charge in [0.25, 0.3) is 5.91 Å². The van der Waals surface area contributed by atoms with Crippen LogP contribution in [0.3, 0.4) is 0 Å². The molecule has 0 aliphatic rings. The number of rotatable bonds is 10. The van der Waals surface area contributed by atoms with E-state index in [2.05, 4.69) is 5.32 Å². The minimum Gasteiger partial charge on any atom is -0.373 e. The van der Waals surface area contributed by atoms with Crippen molar-refractivity contribution in [1.82, 2.24) is 10.2 Å². The van der Waals surface area contributed by atoms with E-state index in [-0.39, 0.29) is 29.9 Å². The van der Waals surface area contributed by atoms with Crippen molar-refractivity contribution in [1.29, 1.82) is 0 Å². The molecule has 8 nitrogen and oxygen atoms in total. The fourth-order valence-electron chi connectivity index (χ4n) is 2.74. The lowest BCUT2D eigenvalue weighted by atomic mass is 10.0. The van der Waals surface area contributed by atoms with E-state index in [4.69, 9.17) is 5.73 Å². The molecule has 142 valence electrons. The lowest BCUT2D eigenvalue weighted by molar-refractivity contribution is -0.125. The SMILES string of the molecule is CNC(=O)C(CCC=O)N(C)C(=O)c1cccc(N(C)CCN)c1C=O. The van der Waals surface area contributed by atoms with Crippen LogP contribution in [0.15, 0.2) is 18.2 Å². The average molecular weight is 362 g/mol. The van der Waals surface area contributed by atoms with E-state index < -0.39 is 11.9 Å². The van der Waals surface area contributed by atoms with Crippen molar-refractivity contribution in [3.8, 4) is 0 Å². The minimum atomic E-state index is -0.803. The predicted molar refractivity (Wildman–Crippen MR) is 99.4 cm³/mol. The highest BCUT2D eigenvalue weighted by Crippen LogP contribution is 2.23. The van der Waals surface area contributed by atoms with E-state index in [1.807, 2.05) is 0 Å². The summed E-state index contributed by atoms with van der Waals surface area (Å²) in [5.41, 5.74) is 6.59. The van der Waals surface area contributed by atoms with Crippen LogP contribution in [0.25, 0.3) is 0 Å². The Hall–Kier alpha value is -2.74. The molecule has 26 heavy (non-hydrogen) atoms. The molecule has 1 unspecified atom stereocenters. The maximum Gasteiger partial charge on any atom is 0.255 e. The highest BCUT2D eigenvalue weighted by atomic mass is 16.2. The van der Waals surface area contributed by atoms with Crippen molar-refractivity contribution in [2.45, 2.75) is 18.9 Å². The van der Waals surface area contributed by atoms with Gasteiger partial charge in [-0.1, -0.05) is 6.07 Å². The summed E-state index contributed by atoms with van der Waals surface area (Å²) in [7, 11) is 4.73. The van der Waals surface area contributed by atoms with Crippen LogP contribution < -0.4 is 16.0 Å². The monoisotopic (exact) mass is 362 g/mol. The summed E-state index contributed by atoms with van der Waals surface area (Å²) in [5.74, 6) is -0.832. The molecule has 2 amide bonds. The predicted octanol–water partition coefficient (Wildman–Crippen LogP) is 0.0597. The summed E-state index contributed by atoms with van der Waals surface area (Å²) in [5, 5.41) is 2.50. The molecule has 0 aliphatic carbocycles. The van der Waals surface area contributed by atoms with E-state index >= 15 is 0 Å². The maximum atomic E-state index is 12.9. The first-order chi connectivity index (χ1) is 12.4. The minimum absolute atomic E-state index is 0.148. The molecule has 0 aliphatic heterocycles. The van der Waals surface area contributed by atoms with E-state index in [1.165, 1.54) is 19.0 Å². The molecule has 1 aromatic rings. The highest BCUT2D eigenvalue weighted by molar-refractivity contribution is 6.05. The smallest absolute Gasteiger partial charge is 0.255 e. The van der Waals surface area contributed by atoms with Crippen LogP contribution in [0.1, 0.15) is 33.6 Å². The Balaban J connectivity index is 3.25. The standard InChI is InChI=1S/C18H26N4O4/c1-20-17(25)16(8-5-11-23)22(3)18(26)13-6-4-7-15(14(13)12-24)21(2)10-9-19/h4,6-7,11-12,16H,5,8-10,19H2,1-3H3,(H,20,25). The van der Waals surface area contributed by atoms with Crippen LogP contribution in [0.2, 0.25) is 0 Å². The molecule has 0 aromatic heterocycles. The number of nitrogens with two attached hydrogens (primary N) is 1. The van der Waals surface area contributed by atoms with Gasteiger partial charge in [-0.15, -0.1) is 0 Å². The number of hydrogen-bond donors (Lipinski definition) is 2. The van der Waals surface area contributed by atoms with Crippen molar-refractivity contribution in [2.24, 2.45) is 5.73 Å². The Morgan fingerprint density at radius 1 is 1.27 bits per heavy atom. The van der Waals surface area contributed by atoms with Gasteiger partial charge < -0.3 is 25.6 Å². The number of nitrogens with one attached hydrogen (secondary N) is 1. The van der Waals surface area contributed by atoms with Gasteiger partial charge in [0.1, 0.15) is 12.3 Å². The molecule has 0 saturated heterocycles. The zero-order valence-corrected chi connectivity index (χ0v) is 15.4. The number of amides is 2. The summed E-state index contributed by atoms with van der Waals surface area (Å²) in [6.07, 6.45) is 1.68. The van der Waals surface area contributed by atoms with Gasteiger partial charge in [-0.3, -0.25) is 14.4 Å². The lowest BCUT2D eigenvalue weighted by Gasteiger charge is -2.28. The first-order valence-electron chi connectivity index (χ1n) is 8.34. The summed E-state index contributed by atoms with van der Waals surface area (Å²) in [4.78, 5) is 50.4. The molecular formula is C18H26N4O4. The van der Waals surface area contributed by atoms with Gasteiger partial charge in [-0.05, 0) is 18.6 Å². The number of nitrogens with zero attached hydrogens (tertiary/aromatic N) is 2. The summed E-state index contributed by atoms with van der Waals surface area (Å²) >= 11 is 0. The molecule has 1 aromatic carbocycles. The van der Waals surface area contributed by atoms with Crippen molar-refractivity contribution in [3.63, 3.8) is 0 Å². The normalized spacial score (nSPS) is 11.4. The van der Waals surface area contributed by atoms with Crippen LogP contribution in [0.5, 0.6) is 0 Å². The molecule has 0 heterocycles. The fourth-order valence-corrected chi connectivity index (χ4v) is 2.74. The molecule has 0 saturated carbocycles. The Labute approximate surface area is 153 Å². The third kappa shape index (κ3) is 4.89. The maximum absolute atomic E-state index is 12.9. The van der Waals surface area contributed by atoms with Gasteiger partial charge in [0.2, 0.25) is 5.91 Å². The average Bonchev–Trinajstić information content (AvgIpc) is 2.66. The van der Waals surface area contributed by atoms with E-state index in [0.29, 0.717) is 31.3 Å². The van der Waals surface area contributed by atoms with Crippen LogP contribution >= 0.6 is 0 Å². The first-order valence-corrected chi connectivity index (χ1v) is 8.34. The third-order valence-electron chi connectivity index (χ3n) is 4.20. The molecule has 0 bridgehead atoms. The molecule has 0 fully saturated rings. The summed E-state index contributed by atoms with van der Waals surface area (Å²) < 4.78 is 0. The van der Waals surface area contributed by atoms with Crippen molar-refractivity contribution >= 4 is 30.1 Å². The molecule has 1 atom stereocenters. The quantitative estimate of drug-likeness (QED) is 0.569. The van der Waals surface area contributed by atoms with Crippen molar-refractivity contribution in [2.75, 3.05) is 39.1 Å². The third-order valence-corrected chi connectivity index (χ3v) is 4.20. The zero-order valence-electron chi connectivity index (χ0n) is 15.4. The summed E-state index contributed by atoms with van der Waals surface area (Å²) in [6, 6.07) is 4.15. The number of anilines is 1. The molecular weight excluding hydrogens is 336 g/mol. The molecule has 8 heteroatoms. The second-order valence-electron chi connectivity index (χ2n) is 5.86. The van der Waals surface area contributed by atoms with Gasteiger partial charge >= 0.3 is 0 Å². The number of carbonyl (C=O) groups is 4. The summed E-state index contributed by atoms with van der Waals surface area (Å²) in [6.45, 7) is 0.922. The van der Waals surface area contributed by atoms with E-state index in [9.17, 15) is 19.2 Å². The van der Waals surface area contributed by atoms with E-state index in [0.717, 1.165) is 0 Å². The van der Waals surface area contributed by atoms with Gasteiger partial charge in [0.15, 0.2) is 6.29 Å². The molecule has 1 rings (SSSR count). The zero-order chi connectivity index (χ0) is 19.7. The number of benzene rings is 1. The molecule has 3 N–H and O–H groups in total. The first kappa shape index (κ1) is 21.3. The Morgan fingerprint density at radius 2 is 1.96 bits per heavy atom. The second kappa shape index (κ2) is 10.3. The number of aldehydes is 2. The van der Waals surface area contributed by atoms with Gasteiger partial charge in [0, 0.05) is 46.3 Å². The Bertz CT molecular complexity index is 663. The highest BCUT2D eigenvalue weighted by Gasteiger charge is 2.28. The van der Waals surface area contributed by atoms with Crippen LogP contribution in [0, 0.1) is 0 Å². The van der Waals surface area contributed by atoms with E-state index in [1.54, 1.807) is 30.1 Å².